The number of aromatic nitrogens is 2. The molecule has 1 amide bonds. The Morgan fingerprint density at radius 2 is 2.05 bits per heavy atom. The largest absolute Gasteiger partial charge is 0.336 e. The first kappa shape index (κ1) is 13.9. The van der Waals surface area contributed by atoms with Crippen LogP contribution in [0.2, 0.25) is 5.28 Å². The van der Waals surface area contributed by atoms with Crippen LogP contribution in [0.15, 0.2) is 0 Å². The van der Waals surface area contributed by atoms with Gasteiger partial charge in [-0.3, -0.25) is 4.79 Å². The molecule has 1 saturated heterocycles. The Balaban J connectivity index is 1.58. The van der Waals surface area contributed by atoms with E-state index < -0.39 is 0 Å². The van der Waals surface area contributed by atoms with Gasteiger partial charge in [0.15, 0.2) is 0 Å². The predicted molar refractivity (Wildman–Crippen MR) is 77.6 cm³/mol. The molecule has 0 radical (unpaired) electrons. The topological polar surface area (TPSA) is 41.4 Å². The highest BCUT2D eigenvalue weighted by molar-refractivity contribution is 6.28. The molecule has 0 N–H and O–H groups in total. The van der Waals surface area contributed by atoms with Crippen LogP contribution in [0.4, 0.5) is 0 Å². The Kier molecular flexibility index (Phi) is 3.98. The molecule has 3 heterocycles. The van der Waals surface area contributed by atoms with E-state index in [-0.39, 0.29) is 5.91 Å². The van der Waals surface area contributed by atoms with Gasteiger partial charge in [0.1, 0.15) is 0 Å². The highest BCUT2D eigenvalue weighted by Gasteiger charge is 2.25. The van der Waals surface area contributed by atoms with Gasteiger partial charge in [0.05, 0.1) is 17.9 Å². The Morgan fingerprint density at radius 3 is 2.80 bits per heavy atom. The summed E-state index contributed by atoms with van der Waals surface area (Å²) in [6, 6.07) is 0. The van der Waals surface area contributed by atoms with Gasteiger partial charge in [-0.2, -0.15) is 0 Å². The predicted octanol–water partition coefficient (Wildman–Crippen LogP) is 1.44. The van der Waals surface area contributed by atoms with E-state index in [4.69, 9.17) is 11.6 Å². The number of fused-ring (bicyclic) bond motifs is 1. The van der Waals surface area contributed by atoms with E-state index in [1.165, 1.54) is 12.8 Å². The van der Waals surface area contributed by atoms with E-state index in [9.17, 15) is 4.79 Å². The maximum atomic E-state index is 12.3. The van der Waals surface area contributed by atoms with Crippen molar-refractivity contribution in [2.45, 2.75) is 32.2 Å². The third-order valence-electron chi connectivity index (χ3n) is 4.39. The fourth-order valence-corrected chi connectivity index (χ4v) is 3.29. The van der Waals surface area contributed by atoms with E-state index in [1.807, 2.05) is 16.5 Å². The Hall–Kier alpha value is -1.07. The van der Waals surface area contributed by atoms with Gasteiger partial charge >= 0.3 is 0 Å². The molecule has 20 heavy (non-hydrogen) atoms. The van der Waals surface area contributed by atoms with Gasteiger partial charge in [0.2, 0.25) is 11.2 Å². The molecule has 0 saturated carbocycles. The number of amides is 1. The average Bonchev–Trinajstić information content (AvgIpc) is 3.06. The number of halogens is 1. The van der Waals surface area contributed by atoms with Gasteiger partial charge in [-0.25, -0.2) is 4.98 Å². The van der Waals surface area contributed by atoms with Crippen molar-refractivity contribution < 1.29 is 4.79 Å². The molecule has 0 spiro atoms. The lowest BCUT2D eigenvalue weighted by Gasteiger charge is -2.28. The van der Waals surface area contributed by atoms with Gasteiger partial charge in [-0.15, -0.1) is 0 Å². The van der Waals surface area contributed by atoms with Crippen molar-refractivity contribution >= 4 is 17.5 Å². The van der Waals surface area contributed by atoms with Gasteiger partial charge in [0, 0.05) is 33.0 Å². The summed E-state index contributed by atoms with van der Waals surface area (Å²) < 4.78 is 1.89. The maximum absolute atomic E-state index is 12.3. The zero-order valence-electron chi connectivity index (χ0n) is 11.9. The third-order valence-corrected chi connectivity index (χ3v) is 4.73. The van der Waals surface area contributed by atoms with Crippen molar-refractivity contribution in [2.24, 2.45) is 7.05 Å². The summed E-state index contributed by atoms with van der Waals surface area (Å²) in [6.45, 7) is 4.60. The fraction of sp³-hybridized carbons (Fsp3) is 0.714. The summed E-state index contributed by atoms with van der Waals surface area (Å²) in [6.07, 6.45) is 3.98. The fourth-order valence-electron chi connectivity index (χ4n) is 3.09. The number of rotatable bonds is 3. The molecule has 1 aromatic rings. The lowest BCUT2D eigenvalue weighted by molar-refractivity contribution is -0.132. The third kappa shape index (κ3) is 2.69. The zero-order valence-corrected chi connectivity index (χ0v) is 12.7. The molecule has 0 aliphatic carbocycles. The lowest BCUT2D eigenvalue weighted by atomic mass is 10.1. The molecule has 2 aliphatic rings. The molecule has 110 valence electrons. The monoisotopic (exact) mass is 296 g/mol. The second-order valence-electron chi connectivity index (χ2n) is 5.70. The molecule has 1 aromatic heterocycles. The van der Waals surface area contributed by atoms with Crippen molar-refractivity contribution in [3.63, 3.8) is 0 Å². The van der Waals surface area contributed by atoms with Gasteiger partial charge in [-0.05, 0) is 37.5 Å². The number of carbonyl (C=O) groups excluding carboxylic acids is 1. The smallest absolute Gasteiger partial charge is 0.224 e. The summed E-state index contributed by atoms with van der Waals surface area (Å²) in [5.41, 5.74) is 2.12. The van der Waals surface area contributed by atoms with Crippen LogP contribution in [0.3, 0.4) is 0 Å². The van der Waals surface area contributed by atoms with E-state index in [0.717, 1.165) is 44.0 Å². The molecule has 6 heteroatoms. The lowest BCUT2D eigenvalue weighted by Crippen LogP contribution is -2.38. The molecule has 2 aliphatic heterocycles. The second-order valence-corrected chi connectivity index (χ2v) is 6.04. The number of carbonyl (C=O) groups is 1. The van der Waals surface area contributed by atoms with E-state index in [0.29, 0.717) is 18.2 Å². The van der Waals surface area contributed by atoms with Crippen molar-refractivity contribution in [2.75, 3.05) is 26.2 Å². The number of imidazole rings is 1. The SMILES string of the molecule is Cn1c(Cl)nc2c1CN(C(=O)CCN1CCCC1)CC2. The second kappa shape index (κ2) is 5.74. The van der Waals surface area contributed by atoms with E-state index in [2.05, 4.69) is 9.88 Å². The van der Waals surface area contributed by atoms with Crippen molar-refractivity contribution in [1.29, 1.82) is 0 Å². The normalized spacial score (nSPS) is 19.4. The van der Waals surface area contributed by atoms with Crippen LogP contribution in [-0.4, -0.2) is 51.4 Å². The van der Waals surface area contributed by atoms with Crippen LogP contribution in [0.1, 0.15) is 30.7 Å². The first-order valence-electron chi connectivity index (χ1n) is 7.35. The summed E-state index contributed by atoms with van der Waals surface area (Å²) >= 11 is 6.04. The maximum Gasteiger partial charge on any atom is 0.224 e. The summed E-state index contributed by atoms with van der Waals surface area (Å²) in [5.74, 6) is 0.250. The quantitative estimate of drug-likeness (QED) is 0.848. The number of hydrogen-bond donors (Lipinski definition) is 0. The number of likely N-dealkylation sites (tertiary alicyclic amines) is 1. The van der Waals surface area contributed by atoms with Crippen LogP contribution in [-0.2, 0) is 24.8 Å². The molecule has 0 bridgehead atoms. The van der Waals surface area contributed by atoms with Crippen LogP contribution >= 0.6 is 11.6 Å². The molecule has 5 nitrogen and oxygen atoms in total. The highest BCUT2D eigenvalue weighted by Crippen LogP contribution is 2.22. The molecule has 3 rings (SSSR count). The Morgan fingerprint density at radius 1 is 1.30 bits per heavy atom. The minimum absolute atomic E-state index is 0.250. The van der Waals surface area contributed by atoms with Crippen LogP contribution in [0, 0.1) is 0 Å². The van der Waals surface area contributed by atoms with Crippen molar-refractivity contribution in [1.82, 2.24) is 19.4 Å². The van der Waals surface area contributed by atoms with E-state index >= 15 is 0 Å². The minimum Gasteiger partial charge on any atom is -0.336 e. The van der Waals surface area contributed by atoms with Gasteiger partial charge < -0.3 is 14.4 Å². The van der Waals surface area contributed by atoms with Crippen LogP contribution in [0.25, 0.3) is 0 Å². The molecular formula is C14H21ClN4O. The van der Waals surface area contributed by atoms with Gasteiger partial charge in [0.25, 0.3) is 0 Å². The Bertz CT molecular complexity index is 508. The van der Waals surface area contributed by atoms with Crippen molar-refractivity contribution in [3.8, 4) is 0 Å². The van der Waals surface area contributed by atoms with Crippen molar-refractivity contribution in [3.05, 3.63) is 16.7 Å². The molecule has 0 atom stereocenters. The number of hydrogen-bond acceptors (Lipinski definition) is 3. The Labute approximate surface area is 124 Å². The molecule has 0 aromatic carbocycles. The first-order valence-corrected chi connectivity index (χ1v) is 7.73. The average molecular weight is 297 g/mol. The van der Waals surface area contributed by atoms with E-state index in [1.54, 1.807) is 0 Å². The first-order chi connectivity index (χ1) is 9.65. The van der Waals surface area contributed by atoms with Gasteiger partial charge in [-0.1, -0.05) is 0 Å². The molecule has 1 fully saturated rings. The van der Waals surface area contributed by atoms with Crippen LogP contribution in [0.5, 0.6) is 0 Å². The highest BCUT2D eigenvalue weighted by atomic mass is 35.5. The zero-order chi connectivity index (χ0) is 14.1. The molecular weight excluding hydrogens is 276 g/mol. The summed E-state index contributed by atoms with van der Waals surface area (Å²) in [7, 11) is 1.91. The summed E-state index contributed by atoms with van der Waals surface area (Å²) in [5, 5.41) is 0.515. The number of nitrogens with zero attached hydrogens (tertiary/aromatic N) is 4. The minimum atomic E-state index is 0.250. The standard InChI is InChI=1S/C14H21ClN4O/c1-17-12-10-19(9-4-11(12)16-14(17)15)13(20)5-8-18-6-2-3-7-18/h2-10H2,1H3. The summed E-state index contributed by atoms with van der Waals surface area (Å²) in [4.78, 5) is 21.0. The van der Waals surface area contributed by atoms with Crippen LogP contribution < -0.4 is 0 Å². The molecule has 0 unspecified atom stereocenters.